The van der Waals surface area contributed by atoms with Crippen LogP contribution in [0.15, 0.2) is 0 Å². The van der Waals surface area contributed by atoms with Crippen LogP contribution in [0.5, 0.6) is 0 Å². The van der Waals surface area contributed by atoms with Crippen LogP contribution in [0, 0.1) is 23.2 Å². The van der Waals surface area contributed by atoms with Crippen molar-refractivity contribution in [2.75, 3.05) is 0 Å². The van der Waals surface area contributed by atoms with Crippen LogP contribution in [0.1, 0.15) is 33.6 Å². The lowest BCUT2D eigenvalue weighted by atomic mass is 9.45. The van der Waals surface area contributed by atoms with Crippen molar-refractivity contribution in [2.24, 2.45) is 28.9 Å². The topological polar surface area (TPSA) is 26.0 Å². The summed E-state index contributed by atoms with van der Waals surface area (Å²) in [5, 5.41) is 0. The molecular weight excluding hydrogens is 134 g/mol. The monoisotopic (exact) mass is 153 g/mol. The molecular formula is C10H19N. The van der Waals surface area contributed by atoms with Crippen molar-refractivity contribution < 1.29 is 0 Å². The van der Waals surface area contributed by atoms with Gasteiger partial charge in [0.15, 0.2) is 0 Å². The zero-order valence-electron chi connectivity index (χ0n) is 7.80. The van der Waals surface area contributed by atoms with Crippen LogP contribution in [0.3, 0.4) is 0 Å². The molecule has 0 radical (unpaired) electrons. The van der Waals surface area contributed by atoms with Gasteiger partial charge in [0.25, 0.3) is 0 Å². The number of fused-ring (bicyclic) bond motifs is 2. The van der Waals surface area contributed by atoms with Crippen molar-refractivity contribution in [2.45, 2.75) is 39.7 Å². The Kier molecular flexibility index (Phi) is 1.39. The van der Waals surface area contributed by atoms with E-state index in [0.29, 0.717) is 11.5 Å². The molecule has 0 amide bonds. The van der Waals surface area contributed by atoms with E-state index in [-0.39, 0.29) is 0 Å². The molecule has 0 saturated heterocycles. The van der Waals surface area contributed by atoms with Crippen LogP contribution < -0.4 is 5.73 Å². The fraction of sp³-hybridized carbons (Fsp3) is 1.00. The van der Waals surface area contributed by atoms with Crippen molar-refractivity contribution in [3.63, 3.8) is 0 Å². The normalized spacial score (nSPS) is 53.5. The predicted octanol–water partition coefficient (Wildman–Crippen LogP) is 2.02. The summed E-state index contributed by atoms with van der Waals surface area (Å²) in [7, 11) is 0. The van der Waals surface area contributed by atoms with Gasteiger partial charge < -0.3 is 5.73 Å². The van der Waals surface area contributed by atoms with Gasteiger partial charge >= 0.3 is 0 Å². The summed E-state index contributed by atoms with van der Waals surface area (Å²) in [6, 6.07) is 0.492. The Hall–Kier alpha value is -0.0400. The molecule has 64 valence electrons. The first kappa shape index (κ1) is 7.60. The summed E-state index contributed by atoms with van der Waals surface area (Å²) in [5.74, 6) is 2.60. The highest BCUT2D eigenvalue weighted by atomic mass is 14.7. The van der Waals surface area contributed by atoms with Gasteiger partial charge in [-0.25, -0.2) is 0 Å². The van der Waals surface area contributed by atoms with Crippen LogP contribution >= 0.6 is 0 Å². The second kappa shape index (κ2) is 2.01. The van der Waals surface area contributed by atoms with Crippen molar-refractivity contribution in [1.82, 2.24) is 0 Å². The van der Waals surface area contributed by atoms with E-state index in [4.69, 9.17) is 5.73 Å². The number of nitrogens with two attached hydrogens (primary N) is 1. The van der Waals surface area contributed by atoms with E-state index in [2.05, 4.69) is 20.8 Å². The quantitative estimate of drug-likeness (QED) is 0.566. The summed E-state index contributed by atoms with van der Waals surface area (Å²) in [4.78, 5) is 0. The first-order valence-corrected chi connectivity index (χ1v) is 4.79. The molecule has 11 heavy (non-hydrogen) atoms. The van der Waals surface area contributed by atoms with Gasteiger partial charge in [-0.05, 0) is 36.0 Å². The lowest BCUT2D eigenvalue weighted by Crippen LogP contribution is -2.58. The number of rotatable bonds is 0. The molecule has 1 unspecified atom stereocenters. The van der Waals surface area contributed by atoms with Crippen molar-refractivity contribution in [1.29, 1.82) is 0 Å². The van der Waals surface area contributed by atoms with Crippen molar-refractivity contribution in [3.8, 4) is 0 Å². The van der Waals surface area contributed by atoms with Crippen LogP contribution in [-0.2, 0) is 0 Å². The van der Waals surface area contributed by atoms with Gasteiger partial charge in [-0.2, -0.15) is 0 Å². The molecule has 3 saturated carbocycles. The van der Waals surface area contributed by atoms with E-state index in [1.807, 2.05) is 0 Å². The van der Waals surface area contributed by atoms with E-state index < -0.39 is 0 Å². The Labute approximate surface area is 69.4 Å². The third-order valence-electron chi connectivity index (χ3n) is 4.41. The maximum absolute atomic E-state index is 6.02. The Balaban J connectivity index is 2.17. The molecule has 4 atom stereocenters. The Morgan fingerprint density at radius 1 is 1.27 bits per heavy atom. The molecule has 0 spiro atoms. The molecule has 3 fully saturated rings. The Morgan fingerprint density at radius 2 is 1.91 bits per heavy atom. The van der Waals surface area contributed by atoms with Gasteiger partial charge in [-0.1, -0.05) is 20.8 Å². The Morgan fingerprint density at radius 3 is 2.27 bits per heavy atom. The molecule has 3 aliphatic carbocycles. The van der Waals surface area contributed by atoms with Gasteiger partial charge in [0.05, 0.1) is 0 Å². The standard InChI is InChI=1S/C10H19N/c1-6-8-4-7(5-9(6)11)10(8,2)3/h6-9H,4-5,11H2,1-3H3/t6-,7+,8-,9?/m0/s1. The fourth-order valence-corrected chi connectivity index (χ4v) is 3.19. The fourth-order valence-electron chi connectivity index (χ4n) is 3.19. The van der Waals surface area contributed by atoms with E-state index >= 15 is 0 Å². The van der Waals surface area contributed by atoms with E-state index in [0.717, 1.165) is 17.8 Å². The van der Waals surface area contributed by atoms with Crippen molar-refractivity contribution in [3.05, 3.63) is 0 Å². The third kappa shape index (κ3) is 0.807. The lowest BCUT2D eigenvalue weighted by Gasteiger charge is -2.61. The predicted molar refractivity (Wildman–Crippen MR) is 47.1 cm³/mol. The molecule has 0 aromatic heterocycles. The maximum Gasteiger partial charge on any atom is 0.00702 e. The molecule has 2 bridgehead atoms. The van der Waals surface area contributed by atoms with Crippen LogP contribution in [-0.4, -0.2) is 6.04 Å². The first-order valence-electron chi connectivity index (χ1n) is 4.79. The molecule has 3 aliphatic rings. The molecule has 0 aromatic rings. The molecule has 1 heteroatoms. The lowest BCUT2D eigenvalue weighted by molar-refractivity contribution is -0.108. The first-order chi connectivity index (χ1) is 5.03. The highest BCUT2D eigenvalue weighted by Gasteiger charge is 2.55. The second-order valence-corrected chi connectivity index (χ2v) is 5.12. The third-order valence-corrected chi connectivity index (χ3v) is 4.41. The van der Waals surface area contributed by atoms with Crippen LogP contribution in [0.2, 0.25) is 0 Å². The van der Waals surface area contributed by atoms with Gasteiger partial charge in [0, 0.05) is 6.04 Å². The molecule has 2 N–H and O–H groups in total. The minimum atomic E-state index is 0.492. The molecule has 3 rings (SSSR count). The summed E-state index contributed by atoms with van der Waals surface area (Å²) in [6.45, 7) is 7.15. The highest BCUT2D eigenvalue weighted by molar-refractivity contribution is 5.06. The minimum absolute atomic E-state index is 0.492. The summed E-state index contributed by atoms with van der Waals surface area (Å²) in [6.07, 6.45) is 2.71. The zero-order valence-corrected chi connectivity index (χ0v) is 7.80. The second-order valence-electron chi connectivity index (χ2n) is 5.12. The molecule has 0 aromatic carbocycles. The summed E-state index contributed by atoms with van der Waals surface area (Å²) < 4.78 is 0. The average Bonchev–Trinajstić information content (AvgIpc) is 1.93. The van der Waals surface area contributed by atoms with Crippen molar-refractivity contribution >= 4 is 0 Å². The zero-order chi connectivity index (χ0) is 8.22. The van der Waals surface area contributed by atoms with E-state index in [9.17, 15) is 0 Å². The van der Waals surface area contributed by atoms with Gasteiger partial charge in [-0.3, -0.25) is 0 Å². The molecule has 1 nitrogen and oxygen atoms in total. The molecule has 0 heterocycles. The van der Waals surface area contributed by atoms with Crippen LogP contribution in [0.4, 0.5) is 0 Å². The van der Waals surface area contributed by atoms with E-state index in [1.54, 1.807) is 0 Å². The highest BCUT2D eigenvalue weighted by Crippen LogP contribution is 2.60. The summed E-state index contributed by atoms with van der Waals surface area (Å²) in [5.41, 5.74) is 6.63. The average molecular weight is 153 g/mol. The molecule has 0 aliphatic heterocycles. The van der Waals surface area contributed by atoms with Crippen LogP contribution in [0.25, 0.3) is 0 Å². The smallest absolute Gasteiger partial charge is 0.00702 e. The number of hydrogen-bond donors (Lipinski definition) is 1. The van der Waals surface area contributed by atoms with Gasteiger partial charge in [-0.15, -0.1) is 0 Å². The Bertz CT molecular complexity index is 174. The number of hydrogen-bond acceptors (Lipinski definition) is 1. The van der Waals surface area contributed by atoms with E-state index in [1.165, 1.54) is 12.8 Å². The van der Waals surface area contributed by atoms with Gasteiger partial charge in [0.2, 0.25) is 0 Å². The maximum atomic E-state index is 6.02. The summed E-state index contributed by atoms with van der Waals surface area (Å²) >= 11 is 0. The largest absolute Gasteiger partial charge is 0.327 e. The van der Waals surface area contributed by atoms with Gasteiger partial charge in [0.1, 0.15) is 0 Å². The SMILES string of the molecule is C[C@@H]1C(N)C[C@H]2C[C@@H]1C2(C)C. The minimum Gasteiger partial charge on any atom is -0.327 e.